The number of primary amides is 1. The van der Waals surface area contributed by atoms with Gasteiger partial charge in [-0.15, -0.1) is 23.5 Å². The van der Waals surface area contributed by atoms with Crippen LogP contribution < -0.4 is 10.6 Å². The Hall–Kier alpha value is -1.14. The molecule has 2 heterocycles. The lowest BCUT2D eigenvalue weighted by Crippen LogP contribution is -2.40. The Bertz CT molecular complexity index is 583. The van der Waals surface area contributed by atoms with Gasteiger partial charge in [-0.1, -0.05) is 19.1 Å². The molecule has 1 saturated heterocycles. The first kappa shape index (κ1) is 13.8. The van der Waals surface area contributed by atoms with E-state index in [9.17, 15) is 9.59 Å². The summed E-state index contributed by atoms with van der Waals surface area (Å²) in [6.07, 6.45) is 0.933. The summed E-state index contributed by atoms with van der Waals surface area (Å²) in [7, 11) is 0. The van der Waals surface area contributed by atoms with Crippen LogP contribution in [-0.2, 0) is 20.1 Å². The van der Waals surface area contributed by atoms with Gasteiger partial charge in [-0.25, -0.2) is 0 Å². The van der Waals surface area contributed by atoms with Crippen molar-refractivity contribution >= 4 is 41.0 Å². The fourth-order valence-corrected chi connectivity index (χ4v) is 5.89. The summed E-state index contributed by atoms with van der Waals surface area (Å²) in [5, 5.41) is 0. The van der Waals surface area contributed by atoms with E-state index < -0.39 is 9.99 Å². The number of benzene rings is 1. The van der Waals surface area contributed by atoms with Crippen molar-refractivity contribution in [2.24, 2.45) is 5.73 Å². The second-order valence-electron chi connectivity index (χ2n) is 4.88. The molecule has 0 saturated carbocycles. The van der Waals surface area contributed by atoms with Gasteiger partial charge in [-0.2, -0.15) is 0 Å². The fraction of sp³-hybridized carbons (Fsp3) is 0.429. The molecule has 2 aliphatic rings. The number of amides is 2. The van der Waals surface area contributed by atoms with Gasteiger partial charge in [0.1, 0.15) is 6.54 Å². The van der Waals surface area contributed by atoms with Crippen LogP contribution in [0.25, 0.3) is 0 Å². The average molecular weight is 308 g/mol. The molecule has 20 heavy (non-hydrogen) atoms. The van der Waals surface area contributed by atoms with E-state index in [0.29, 0.717) is 0 Å². The Morgan fingerprint density at radius 3 is 2.70 bits per heavy atom. The highest BCUT2D eigenvalue weighted by molar-refractivity contribution is 8.21. The summed E-state index contributed by atoms with van der Waals surface area (Å²) in [5.41, 5.74) is 8.38. The SMILES string of the molecule is CCc1ccc2c(c1)C1(SCCS1)C(=O)N2CC(N)=O. The number of hydrogen-bond donors (Lipinski definition) is 1. The van der Waals surface area contributed by atoms with Gasteiger partial charge in [0.2, 0.25) is 5.91 Å². The second kappa shape index (κ2) is 5.00. The van der Waals surface area contributed by atoms with Gasteiger partial charge >= 0.3 is 0 Å². The van der Waals surface area contributed by atoms with Gasteiger partial charge in [0, 0.05) is 17.1 Å². The van der Waals surface area contributed by atoms with E-state index in [1.807, 2.05) is 12.1 Å². The van der Waals surface area contributed by atoms with Gasteiger partial charge in [0.25, 0.3) is 5.91 Å². The lowest BCUT2D eigenvalue weighted by Gasteiger charge is -2.21. The topological polar surface area (TPSA) is 63.4 Å². The number of hydrogen-bond acceptors (Lipinski definition) is 4. The molecule has 4 nitrogen and oxygen atoms in total. The third-order valence-electron chi connectivity index (χ3n) is 3.65. The maximum Gasteiger partial charge on any atom is 0.258 e. The number of fused-ring (bicyclic) bond motifs is 2. The van der Waals surface area contributed by atoms with Crippen LogP contribution in [0.1, 0.15) is 18.1 Å². The summed E-state index contributed by atoms with van der Waals surface area (Å²) < 4.78 is -0.560. The van der Waals surface area contributed by atoms with E-state index in [2.05, 4.69) is 13.0 Å². The number of carbonyl (C=O) groups excluding carboxylic acids is 2. The molecule has 0 atom stereocenters. The standard InChI is InChI=1S/C14H16N2O2S2/c1-2-9-3-4-11-10(7-9)14(19-5-6-20-14)13(18)16(11)8-12(15)17/h3-4,7H,2,5-6,8H2,1H3,(H2,15,17). The quantitative estimate of drug-likeness (QED) is 0.923. The highest BCUT2D eigenvalue weighted by Crippen LogP contribution is 2.59. The minimum Gasteiger partial charge on any atom is -0.368 e. The summed E-state index contributed by atoms with van der Waals surface area (Å²) in [6.45, 7) is 2.06. The highest BCUT2D eigenvalue weighted by atomic mass is 32.2. The van der Waals surface area contributed by atoms with Crippen LogP contribution in [0.15, 0.2) is 18.2 Å². The molecule has 0 radical (unpaired) electrons. The number of anilines is 1. The normalized spacial score (nSPS) is 19.6. The van der Waals surface area contributed by atoms with Gasteiger partial charge in [-0.3, -0.25) is 9.59 Å². The molecular weight excluding hydrogens is 292 g/mol. The molecule has 0 unspecified atom stereocenters. The third kappa shape index (κ3) is 1.93. The number of thioether (sulfide) groups is 2. The van der Waals surface area contributed by atoms with Gasteiger partial charge in [0.15, 0.2) is 4.08 Å². The van der Waals surface area contributed by atoms with Crippen molar-refractivity contribution in [3.63, 3.8) is 0 Å². The van der Waals surface area contributed by atoms with Crippen LogP contribution in [0.3, 0.4) is 0 Å². The Balaban J connectivity index is 2.12. The van der Waals surface area contributed by atoms with E-state index >= 15 is 0 Å². The van der Waals surface area contributed by atoms with Gasteiger partial charge < -0.3 is 10.6 Å². The number of carbonyl (C=O) groups is 2. The van der Waals surface area contributed by atoms with Crippen molar-refractivity contribution in [2.45, 2.75) is 17.4 Å². The van der Waals surface area contributed by atoms with E-state index in [0.717, 1.165) is 29.2 Å². The maximum atomic E-state index is 12.8. The summed E-state index contributed by atoms with van der Waals surface area (Å²) in [6, 6.07) is 6.08. The molecule has 0 aliphatic carbocycles. The smallest absolute Gasteiger partial charge is 0.258 e. The lowest BCUT2D eigenvalue weighted by atomic mass is 10.1. The van der Waals surface area contributed by atoms with Crippen molar-refractivity contribution in [2.75, 3.05) is 23.0 Å². The molecule has 3 rings (SSSR count). The third-order valence-corrected chi connectivity index (χ3v) is 7.03. The minimum atomic E-state index is -0.560. The first-order valence-corrected chi connectivity index (χ1v) is 8.57. The largest absolute Gasteiger partial charge is 0.368 e. The molecule has 1 fully saturated rings. The Morgan fingerprint density at radius 1 is 1.40 bits per heavy atom. The van der Waals surface area contributed by atoms with Crippen molar-refractivity contribution in [3.05, 3.63) is 29.3 Å². The molecule has 6 heteroatoms. The zero-order chi connectivity index (χ0) is 14.3. The van der Waals surface area contributed by atoms with Crippen molar-refractivity contribution < 1.29 is 9.59 Å². The van der Waals surface area contributed by atoms with E-state index in [4.69, 9.17) is 5.73 Å². The molecular formula is C14H16N2O2S2. The van der Waals surface area contributed by atoms with Crippen molar-refractivity contribution in [3.8, 4) is 0 Å². The fourth-order valence-electron chi connectivity index (χ4n) is 2.71. The van der Waals surface area contributed by atoms with Gasteiger partial charge in [0.05, 0.1) is 5.69 Å². The number of aryl methyl sites for hydroxylation is 1. The summed E-state index contributed by atoms with van der Waals surface area (Å²) in [4.78, 5) is 25.6. The summed E-state index contributed by atoms with van der Waals surface area (Å²) in [5.74, 6) is 1.42. The molecule has 1 spiro atoms. The Morgan fingerprint density at radius 2 is 2.10 bits per heavy atom. The zero-order valence-corrected chi connectivity index (χ0v) is 12.9. The van der Waals surface area contributed by atoms with Crippen LogP contribution in [-0.4, -0.2) is 29.9 Å². The minimum absolute atomic E-state index is 0.00736. The van der Waals surface area contributed by atoms with Crippen LogP contribution in [0, 0.1) is 0 Å². The van der Waals surface area contributed by atoms with E-state index in [1.54, 1.807) is 28.4 Å². The van der Waals surface area contributed by atoms with Crippen molar-refractivity contribution in [1.29, 1.82) is 0 Å². The first-order chi connectivity index (χ1) is 9.58. The zero-order valence-electron chi connectivity index (χ0n) is 11.2. The molecule has 0 aromatic heterocycles. The lowest BCUT2D eigenvalue weighted by molar-refractivity contribution is -0.122. The maximum absolute atomic E-state index is 12.8. The summed E-state index contributed by atoms with van der Waals surface area (Å²) >= 11 is 3.35. The molecule has 1 aromatic carbocycles. The van der Waals surface area contributed by atoms with Crippen LogP contribution in [0.5, 0.6) is 0 Å². The number of rotatable bonds is 3. The highest BCUT2D eigenvalue weighted by Gasteiger charge is 2.54. The van der Waals surface area contributed by atoms with Crippen molar-refractivity contribution in [1.82, 2.24) is 0 Å². The monoisotopic (exact) mass is 308 g/mol. The molecule has 2 N–H and O–H groups in total. The van der Waals surface area contributed by atoms with E-state index in [-0.39, 0.29) is 12.5 Å². The van der Waals surface area contributed by atoms with Crippen LogP contribution in [0.4, 0.5) is 5.69 Å². The molecule has 1 aromatic rings. The molecule has 2 aliphatic heterocycles. The molecule has 0 bridgehead atoms. The Labute approximate surface area is 126 Å². The van der Waals surface area contributed by atoms with Crippen LogP contribution in [0.2, 0.25) is 0 Å². The predicted molar refractivity (Wildman–Crippen MR) is 84.0 cm³/mol. The number of nitrogens with zero attached hydrogens (tertiary/aromatic N) is 1. The second-order valence-corrected chi connectivity index (χ2v) is 7.75. The predicted octanol–water partition coefficient (Wildman–Crippen LogP) is 1.71. The number of nitrogens with two attached hydrogens (primary N) is 1. The molecule has 106 valence electrons. The van der Waals surface area contributed by atoms with Crippen LogP contribution >= 0.6 is 23.5 Å². The first-order valence-electron chi connectivity index (χ1n) is 6.60. The average Bonchev–Trinajstić information content (AvgIpc) is 3.00. The Kier molecular flexibility index (Phi) is 3.46. The van der Waals surface area contributed by atoms with E-state index in [1.165, 1.54) is 5.56 Å². The van der Waals surface area contributed by atoms with Gasteiger partial charge in [-0.05, 0) is 18.1 Å². The molecule has 2 amide bonds.